The van der Waals surface area contributed by atoms with Crippen LogP contribution in [0.1, 0.15) is 34.1 Å². The van der Waals surface area contributed by atoms with Gasteiger partial charge in [0.2, 0.25) is 0 Å². The molecule has 4 unspecified atom stereocenters. The van der Waals surface area contributed by atoms with E-state index in [1.807, 2.05) is 12.1 Å². The zero-order valence-electron chi connectivity index (χ0n) is 15.2. The van der Waals surface area contributed by atoms with Crippen LogP contribution in [-0.4, -0.2) is 43.7 Å². The predicted octanol–water partition coefficient (Wildman–Crippen LogP) is 3.22. The van der Waals surface area contributed by atoms with E-state index in [0.717, 1.165) is 0 Å². The van der Waals surface area contributed by atoms with Crippen LogP contribution >= 0.6 is 0 Å². The molecule has 0 radical (unpaired) electrons. The van der Waals surface area contributed by atoms with Gasteiger partial charge >= 0.3 is 11.9 Å². The first-order valence-electron chi connectivity index (χ1n) is 8.79. The van der Waals surface area contributed by atoms with Gasteiger partial charge in [-0.1, -0.05) is 36.4 Å². The van der Waals surface area contributed by atoms with Crippen LogP contribution < -0.4 is 0 Å². The molecule has 2 aromatic carbocycles. The summed E-state index contributed by atoms with van der Waals surface area (Å²) >= 11 is 0. The Kier molecular flexibility index (Phi) is 6.21. The van der Waals surface area contributed by atoms with Gasteiger partial charge < -0.3 is 18.9 Å². The molecule has 6 nitrogen and oxygen atoms in total. The molecule has 0 saturated carbocycles. The molecule has 27 heavy (non-hydrogen) atoms. The van der Waals surface area contributed by atoms with E-state index in [-0.39, 0.29) is 6.42 Å². The van der Waals surface area contributed by atoms with Crippen LogP contribution in [-0.2, 0) is 18.9 Å². The van der Waals surface area contributed by atoms with E-state index in [9.17, 15) is 9.59 Å². The van der Waals surface area contributed by atoms with Crippen molar-refractivity contribution in [2.45, 2.75) is 37.9 Å². The number of hydrogen-bond acceptors (Lipinski definition) is 6. The number of carbonyl (C=O) groups excluding carboxylic acids is 2. The lowest BCUT2D eigenvalue weighted by Gasteiger charge is -2.38. The highest BCUT2D eigenvalue weighted by molar-refractivity contribution is 5.90. The van der Waals surface area contributed by atoms with Crippen LogP contribution in [0.2, 0.25) is 0 Å². The summed E-state index contributed by atoms with van der Waals surface area (Å²) in [7, 11) is 1.48. The summed E-state index contributed by atoms with van der Waals surface area (Å²) in [4.78, 5) is 24.7. The Labute approximate surface area is 158 Å². The molecule has 0 N–H and O–H groups in total. The molecule has 0 amide bonds. The maximum absolute atomic E-state index is 12.4. The second-order valence-electron chi connectivity index (χ2n) is 6.30. The van der Waals surface area contributed by atoms with Crippen molar-refractivity contribution < 1.29 is 28.5 Å². The van der Waals surface area contributed by atoms with E-state index in [1.165, 1.54) is 7.11 Å². The summed E-state index contributed by atoms with van der Waals surface area (Å²) in [6.45, 7) is 1.80. The molecule has 1 aliphatic rings. The third-order valence-electron chi connectivity index (χ3n) is 4.41. The highest BCUT2D eigenvalue weighted by Gasteiger charge is 2.40. The fraction of sp³-hybridized carbons (Fsp3) is 0.333. The second kappa shape index (κ2) is 8.79. The van der Waals surface area contributed by atoms with Crippen LogP contribution in [0, 0.1) is 0 Å². The molecule has 1 saturated heterocycles. The van der Waals surface area contributed by atoms with Gasteiger partial charge in [-0.3, -0.25) is 0 Å². The third-order valence-corrected chi connectivity index (χ3v) is 4.41. The molecule has 6 heteroatoms. The maximum atomic E-state index is 12.4. The minimum atomic E-state index is -0.723. The lowest BCUT2D eigenvalue weighted by Crippen LogP contribution is -2.50. The van der Waals surface area contributed by atoms with Crippen molar-refractivity contribution in [1.29, 1.82) is 0 Å². The molecular formula is C21H22O6. The van der Waals surface area contributed by atoms with E-state index < -0.39 is 36.5 Å². The number of rotatable bonds is 5. The average molecular weight is 370 g/mol. The van der Waals surface area contributed by atoms with E-state index in [1.54, 1.807) is 55.5 Å². The zero-order valence-corrected chi connectivity index (χ0v) is 15.2. The highest BCUT2D eigenvalue weighted by atomic mass is 16.7. The van der Waals surface area contributed by atoms with Crippen LogP contribution in [0.15, 0.2) is 60.7 Å². The number of methoxy groups -OCH3 is 1. The summed E-state index contributed by atoms with van der Waals surface area (Å²) in [5.41, 5.74) is 0.889. The molecule has 3 rings (SSSR count). The minimum Gasteiger partial charge on any atom is -0.456 e. The number of hydrogen-bond donors (Lipinski definition) is 0. The first kappa shape index (κ1) is 19.1. The first-order valence-corrected chi connectivity index (χ1v) is 8.79. The van der Waals surface area contributed by atoms with E-state index in [2.05, 4.69) is 0 Å². The molecule has 2 aromatic rings. The molecule has 0 bridgehead atoms. The third kappa shape index (κ3) is 4.72. The normalized spacial score (nSPS) is 24.8. The summed E-state index contributed by atoms with van der Waals surface area (Å²) in [6.07, 6.45) is -2.07. The quantitative estimate of drug-likeness (QED) is 0.753. The van der Waals surface area contributed by atoms with Gasteiger partial charge in [0.25, 0.3) is 0 Å². The van der Waals surface area contributed by atoms with Crippen LogP contribution in [0.25, 0.3) is 0 Å². The van der Waals surface area contributed by atoms with Crippen molar-refractivity contribution in [2.75, 3.05) is 7.11 Å². The Morgan fingerprint density at radius 2 is 1.33 bits per heavy atom. The fourth-order valence-electron chi connectivity index (χ4n) is 2.93. The molecule has 0 spiro atoms. The first-order chi connectivity index (χ1) is 13.1. The largest absolute Gasteiger partial charge is 0.456 e. The van der Waals surface area contributed by atoms with Gasteiger partial charge in [-0.05, 0) is 31.2 Å². The summed E-state index contributed by atoms with van der Waals surface area (Å²) < 4.78 is 22.2. The van der Waals surface area contributed by atoms with Gasteiger partial charge in [0.15, 0.2) is 12.4 Å². The average Bonchev–Trinajstić information content (AvgIpc) is 2.71. The zero-order chi connectivity index (χ0) is 19.2. The molecule has 4 atom stereocenters. The lowest BCUT2D eigenvalue weighted by molar-refractivity contribution is -0.250. The Morgan fingerprint density at radius 1 is 0.852 bits per heavy atom. The smallest absolute Gasteiger partial charge is 0.338 e. The Morgan fingerprint density at radius 3 is 1.81 bits per heavy atom. The van der Waals surface area contributed by atoms with Crippen molar-refractivity contribution in [2.24, 2.45) is 0 Å². The Bertz CT molecular complexity index is 761. The maximum Gasteiger partial charge on any atom is 0.338 e. The van der Waals surface area contributed by atoms with Crippen molar-refractivity contribution in [1.82, 2.24) is 0 Å². The van der Waals surface area contributed by atoms with E-state index in [4.69, 9.17) is 18.9 Å². The second-order valence-corrected chi connectivity index (χ2v) is 6.30. The molecular weight excluding hydrogens is 348 g/mol. The molecule has 1 aliphatic heterocycles. The van der Waals surface area contributed by atoms with Gasteiger partial charge in [-0.15, -0.1) is 0 Å². The van der Waals surface area contributed by atoms with Crippen molar-refractivity contribution in [3.63, 3.8) is 0 Å². The van der Waals surface area contributed by atoms with Crippen LogP contribution in [0.5, 0.6) is 0 Å². The van der Waals surface area contributed by atoms with E-state index >= 15 is 0 Å². The standard InChI is InChI=1S/C21H22O6/c1-14-17(26-19(22)15-9-5-3-6-10-15)13-18(21(24-2)25-14)27-20(23)16-11-7-4-8-12-16/h3-12,14,17-18,21H,13H2,1-2H3. The minimum absolute atomic E-state index is 0.289. The van der Waals surface area contributed by atoms with Gasteiger partial charge in [0.1, 0.15) is 6.10 Å². The molecule has 1 heterocycles. The highest BCUT2D eigenvalue weighted by Crippen LogP contribution is 2.27. The fourth-order valence-corrected chi connectivity index (χ4v) is 2.93. The number of ether oxygens (including phenoxy) is 4. The van der Waals surface area contributed by atoms with Crippen LogP contribution in [0.3, 0.4) is 0 Å². The molecule has 142 valence electrons. The lowest BCUT2D eigenvalue weighted by atomic mass is 10.0. The Balaban J connectivity index is 1.68. The topological polar surface area (TPSA) is 71.1 Å². The molecule has 0 aromatic heterocycles. The van der Waals surface area contributed by atoms with E-state index in [0.29, 0.717) is 11.1 Å². The van der Waals surface area contributed by atoms with Gasteiger partial charge in [0.05, 0.1) is 17.2 Å². The predicted molar refractivity (Wildman–Crippen MR) is 97.3 cm³/mol. The SMILES string of the molecule is COC1OC(C)C(OC(=O)c2ccccc2)CC1OC(=O)c1ccccc1. The van der Waals surface area contributed by atoms with Gasteiger partial charge in [0, 0.05) is 13.5 Å². The summed E-state index contributed by atoms with van der Waals surface area (Å²) in [6, 6.07) is 17.4. The summed E-state index contributed by atoms with van der Waals surface area (Å²) in [5.74, 6) is -0.922. The molecule has 1 fully saturated rings. The van der Waals surface area contributed by atoms with Crippen molar-refractivity contribution in [3.05, 3.63) is 71.8 Å². The van der Waals surface area contributed by atoms with Gasteiger partial charge in [-0.25, -0.2) is 9.59 Å². The number of esters is 2. The number of benzene rings is 2. The van der Waals surface area contributed by atoms with Crippen molar-refractivity contribution >= 4 is 11.9 Å². The monoisotopic (exact) mass is 370 g/mol. The number of carbonyl (C=O) groups is 2. The Hall–Kier alpha value is -2.70. The molecule has 0 aliphatic carbocycles. The summed E-state index contributed by atoms with van der Waals surface area (Å²) in [5, 5.41) is 0. The van der Waals surface area contributed by atoms with Crippen molar-refractivity contribution in [3.8, 4) is 0 Å². The van der Waals surface area contributed by atoms with Gasteiger partial charge in [-0.2, -0.15) is 0 Å². The van der Waals surface area contributed by atoms with Crippen LogP contribution in [0.4, 0.5) is 0 Å².